The van der Waals surface area contributed by atoms with Gasteiger partial charge in [-0.1, -0.05) is 40.5 Å². The molecule has 2 unspecified atom stereocenters. The highest BCUT2D eigenvalue weighted by Gasteiger charge is 2.12. The third-order valence-electron chi connectivity index (χ3n) is 2.49. The molecule has 0 radical (unpaired) electrons. The summed E-state index contributed by atoms with van der Waals surface area (Å²) in [4.78, 5) is 12.3. The zero-order chi connectivity index (χ0) is 13.0. The van der Waals surface area contributed by atoms with Crippen LogP contribution in [0.4, 0.5) is 0 Å². The van der Waals surface area contributed by atoms with Crippen LogP contribution in [-0.4, -0.2) is 16.8 Å². The van der Waals surface area contributed by atoms with E-state index in [2.05, 4.69) is 28.2 Å². The van der Waals surface area contributed by atoms with Crippen molar-refractivity contribution in [2.75, 3.05) is 0 Å². The molecule has 0 aromatic heterocycles. The topological polar surface area (TPSA) is 29.1 Å². The van der Waals surface area contributed by atoms with Gasteiger partial charge in [-0.05, 0) is 38.0 Å². The Morgan fingerprint density at radius 1 is 1.47 bits per heavy atom. The highest BCUT2D eigenvalue weighted by molar-refractivity contribution is 9.09. The summed E-state index contributed by atoms with van der Waals surface area (Å²) in [5.74, 6) is -0.0763. The van der Waals surface area contributed by atoms with Crippen LogP contribution in [0.2, 0.25) is 5.02 Å². The number of carbonyl (C=O) groups excluding carboxylic acids is 1. The molecule has 0 aliphatic carbocycles. The fourth-order valence-electron chi connectivity index (χ4n) is 1.59. The molecule has 1 aromatic carbocycles. The van der Waals surface area contributed by atoms with Gasteiger partial charge in [0, 0.05) is 21.5 Å². The minimum atomic E-state index is -0.0763. The Balaban J connectivity index is 2.66. The molecule has 2 atom stereocenters. The van der Waals surface area contributed by atoms with Crippen LogP contribution in [0.15, 0.2) is 18.2 Å². The minimum absolute atomic E-state index is 0.0763. The third kappa shape index (κ3) is 4.68. The lowest BCUT2D eigenvalue weighted by molar-refractivity contribution is 0.0938. The maximum absolute atomic E-state index is 11.9. The summed E-state index contributed by atoms with van der Waals surface area (Å²) >= 11 is 9.46. The lowest BCUT2D eigenvalue weighted by Gasteiger charge is -2.15. The van der Waals surface area contributed by atoms with E-state index in [1.807, 2.05) is 19.9 Å². The van der Waals surface area contributed by atoms with E-state index in [1.54, 1.807) is 12.1 Å². The number of alkyl halides is 1. The third-order valence-corrected chi connectivity index (χ3v) is 3.27. The van der Waals surface area contributed by atoms with Gasteiger partial charge in [-0.2, -0.15) is 0 Å². The highest BCUT2D eigenvalue weighted by atomic mass is 79.9. The number of hydrogen-bond donors (Lipinski definition) is 1. The number of halogens is 2. The van der Waals surface area contributed by atoms with E-state index in [4.69, 9.17) is 11.6 Å². The summed E-state index contributed by atoms with van der Waals surface area (Å²) < 4.78 is 0. The number of carbonyl (C=O) groups is 1. The summed E-state index contributed by atoms with van der Waals surface area (Å²) in [5.41, 5.74) is 1.58. The Kier molecular flexibility index (Phi) is 5.47. The predicted molar refractivity (Wildman–Crippen MR) is 76.1 cm³/mol. The Labute approximate surface area is 116 Å². The number of hydrogen-bond acceptors (Lipinski definition) is 1. The molecule has 4 heteroatoms. The van der Waals surface area contributed by atoms with E-state index in [-0.39, 0.29) is 11.9 Å². The fourth-order valence-corrected chi connectivity index (χ4v) is 2.33. The maximum Gasteiger partial charge on any atom is 0.251 e. The van der Waals surface area contributed by atoms with Gasteiger partial charge < -0.3 is 5.32 Å². The van der Waals surface area contributed by atoms with Crippen molar-refractivity contribution < 1.29 is 4.79 Å². The lowest BCUT2D eigenvalue weighted by atomic mass is 10.1. The molecule has 1 rings (SSSR count). The second kappa shape index (κ2) is 6.41. The quantitative estimate of drug-likeness (QED) is 0.837. The first-order valence-electron chi connectivity index (χ1n) is 5.61. The van der Waals surface area contributed by atoms with Gasteiger partial charge in [0.15, 0.2) is 0 Å². The van der Waals surface area contributed by atoms with Crippen molar-refractivity contribution in [3.05, 3.63) is 34.3 Å². The van der Waals surface area contributed by atoms with Crippen LogP contribution in [0.25, 0.3) is 0 Å². The van der Waals surface area contributed by atoms with Crippen molar-refractivity contribution in [2.45, 2.75) is 38.1 Å². The van der Waals surface area contributed by atoms with Gasteiger partial charge in [-0.25, -0.2) is 0 Å². The van der Waals surface area contributed by atoms with Crippen LogP contribution in [0.3, 0.4) is 0 Å². The molecule has 0 bridgehead atoms. The average Bonchev–Trinajstić information content (AvgIpc) is 2.20. The standard InChI is InChI=1S/C13H17BrClNO/c1-8-4-5-11(7-12(8)15)13(17)16-10(3)6-9(2)14/h4-5,7,9-10H,6H2,1-3H3,(H,16,17). The predicted octanol–water partition coefficient (Wildman–Crippen LogP) is 3.94. The Bertz CT molecular complexity index is 406. The van der Waals surface area contributed by atoms with E-state index in [9.17, 15) is 4.79 Å². The van der Waals surface area contributed by atoms with Crippen molar-refractivity contribution in [1.29, 1.82) is 0 Å². The summed E-state index contributed by atoms with van der Waals surface area (Å²) in [6, 6.07) is 5.49. The molecule has 0 fully saturated rings. The monoisotopic (exact) mass is 317 g/mol. The number of aryl methyl sites for hydroxylation is 1. The molecule has 1 N–H and O–H groups in total. The molecule has 1 aromatic rings. The molecule has 17 heavy (non-hydrogen) atoms. The van der Waals surface area contributed by atoms with E-state index < -0.39 is 0 Å². The van der Waals surface area contributed by atoms with Gasteiger partial charge in [0.25, 0.3) is 5.91 Å². The fraction of sp³-hybridized carbons (Fsp3) is 0.462. The van der Waals surface area contributed by atoms with Gasteiger partial charge in [-0.3, -0.25) is 4.79 Å². The van der Waals surface area contributed by atoms with Crippen LogP contribution in [0.5, 0.6) is 0 Å². The summed E-state index contributed by atoms with van der Waals surface area (Å²) in [5, 5.41) is 3.57. The molecule has 0 aliphatic heterocycles. The number of benzene rings is 1. The normalized spacial score (nSPS) is 14.2. The molecule has 0 heterocycles. The van der Waals surface area contributed by atoms with Gasteiger partial charge >= 0.3 is 0 Å². The number of amides is 1. The first kappa shape index (κ1) is 14.5. The van der Waals surface area contributed by atoms with Crippen molar-refractivity contribution in [3.63, 3.8) is 0 Å². The van der Waals surface area contributed by atoms with E-state index in [0.29, 0.717) is 15.4 Å². The van der Waals surface area contributed by atoms with E-state index in [0.717, 1.165) is 12.0 Å². The SMILES string of the molecule is Cc1ccc(C(=O)NC(C)CC(C)Br)cc1Cl. The zero-order valence-corrected chi connectivity index (χ0v) is 12.6. The van der Waals surface area contributed by atoms with Gasteiger partial charge in [-0.15, -0.1) is 0 Å². The molecule has 1 amide bonds. The molecule has 0 saturated heterocycles. The second-order valence-electron chi connectivity index (χ2n) is 4.35. The Hall–Kier alpha value is -0.540. The maximum atomic E-state index is 11.9. The van der Waals surface area contributed by atoms with Crippen LogP contribution in [-0.2, 0) is 0 Å². The first-order valence-corrected chi connectivity index (χ1v) is 6.90. The van der Waals surface area contributed by atoms with Crippen LogP contribution < -0.4 is 5.32 Å². The van der Waals surface area contributed by atoms with Crippen molar-refractivity contribution in [1.82, 2.24) is 5.32 Å². The molecule has 0 saturated carbocycles. The molecule has 94 valence electrons. The molecular weight excluding hydrogens is 302 g/mol. The largest absolute Gasteiger partial charge is 0.350 e. The summed E-state index contributed by atoms with van der Waals surface area (Å²) in [6.07, 6.45) is 0.894. The van der Waals surface area contributed by atoms with Crippen LogP contribution in [0, 0.1) is 6.92 Å². The lowest BCUT2D eigenvalue weighted by Crippen LogP contribution is -2.33. The van der Waals surface area contributed by atoms with E-state index >= 15 is 0 Å². The molecular formula is C13H17BrClNO. The van der Waals surface area contributed by atoms with Gasteiger partial charge in [0.1, 0.15) is 0 Å². The van der Waals surface area contributed by atoms with Gasteiger partial charge in [0.2, 0.25) is 0 Å². The zero-order valence-electron chi connectivity index (χ0n) is 10.3. The summed E-state index contributed by atoms with van der Waals surface area (Å²) in [7, 11) is 0. The average molecular weight is 319 g/mol. The van der Waals surface area contributed by atoms with Crippen molar-refractivity contribution in [3.8, 4) is 0 Å². The smallest absolute Gasteiger partial charge is 0.251 e. The van der Waals surface area contributed by atoms with Crippen LogP contribution in [0.1, 0.15) is 36.2 Å². The van der Waals surface area contributed by atoms with Crippen LogP contribution >= 0.6 is 27.5 Å². The molecule has 0 spiro atoms. The number of nitrogens with one attached hydrogen (secondary N) is 1. The van der Waals surface area contributed by atoms with E-state index in [1.165, 1.54) is 0 Å². The van der Waals surface area contributed by atoms with Gasteiger partial charge in [0.05, 0.1) is 0 Å². The number of rotatable bonds is 4. The molecule has 0 aliphatic rings. The summed E-state index contributed by atoms with van der Waals surface area (Å²) in [6.45, 7) is 5.97. The first-order chi connectivity index (χ1) is 7.90. The Morgan fingerprint density at radius 3 is 2.65 bits per heavy atom. The molecule has 2 nitrogen and oxygen atoms in total. The van der Waals surface area contributed by atoms with Crippen molar-refractivity contribution in [2.24, 2.45) is 0 Å². The minimum Gasteiger partial charge on any atom is -0.350 e. The van der Waals surface area contributed by atoms with Crippen molar-refractivity contribution >= 4 is 33.4 Å². The highest BCUT2D eigenvalue weighted by Crippen LogP contribution is 2.17. The Morgan fingerprint density at radius 2 is 2.12 bits per heavy atom. The second-order valence-corrected chi connectivity index (χ2v) is 6.33.